The number of hydrogen-bond donors (Lipinski definition) is 2. The molecule has 0 radical (unpaired) electrons. The first-order chi connectivity index (χ1) is 14.0. The highest BCUT2D eigenvalue weighted by Gasteiger charge is 2.28. The second kappa shape index (κ2) is 11.6. The van der Waals surface area contributed by atoms with E-state index in [9.17, 15) is 14.4 Å². The van der Waals surface area contributed by atoms with Gasteiger partial charge in [-0.05, 0) is 24.5 Å². The number of rotatable bonds is 9. The van der Waals surface area contributed by atoms with Crippen molar-refractivity contribution in [3.05, 3.63) is 71.8 Å². The average Bonchev–Trinajstić information content (AvgIpc) is 2.73. The number of ether oxygens (including phenoxy) is 3. The van der Waals surface area contributed by atoms with Gasteiger partial charge in [-0.3, -0.25) is 5.32 Å². The highest BCUT2D eigenvalue weighted by Crippen LogP contribution is 2.05. The van der Waals surface area contributed by atoms with Crippen LogP contribution in [0.1, 0.15) is 18.1 Å². The largest absolute Gasteiger partial charge is 0.445 e. The van der Waals surface area contributed by atoms with E-state index in [0.29, 0.717) is 0 Å². The first-order valence-corrected chi connectivity index (χ1v) is 9.13. The molecule has 2 rings (SSSR count). The molecule has 0 saturated heterocycles. The van der Waals surface area contributed by atoms with Crippen LogP contribution in [0.25, 0.3) is 0 Å². The SMILES string of the molecule is CCOC(NC(=O)OCc1ccccc1)C(=O)OC(=O)[C@@H](N)Cc1ccccc1. The average molecular weight is 400 g/mol. The Morgan fingerprint density at radius 2 is 1.52 bits per heavy atom. The van der Waals surface area contributed by atoms with Crippen molar-refractivity contribution in [1.29, 1.82) is 0 Å². The van der Waals surface area contributed by atoms with Gasteiger partial charge in [0.1, 0.15) is 12.6 Å². The third kappa shape index (κ3) is 7.73. The number of hydrogen-bond acceptors (Lipinski definition) is 7. The van der Waals surface area contributed by atoms with Crippen LogP contribution in [-0.4, -0.2) is 36.9 Å². The summed E-state index contributed by atoms with van der Waals surface area (Å²) in [5, 5.41) is 2.23. The molecule has 2 aromatic rings. The maximum absolute atomic E-state index is 12.2. The smallest absolute Gasteiger partial charge is 0.409 e. The molecule has 0 aliphatic heterocycles. The number of esters is 2. The number of nitrogens with two attached hydrogens (primary N) is 1. The molecule has 2 aromatic carbocycles. The zero-order chi connectivity index (χ0) is 21.1. The summed E-state index contributed by atoms with van der Waals surface area (Å²) in [5.74, 6) is -1.99. The molecule has 1 unspecified atom stereocenters. The van der Waals surface area contributed by atoms with Crippen molar-refractivity contribution in [2.24, 2.45) is 5.73 Å². The van der Waals surface area contributed by atoms with Gasteiger partial charge in [-0.1, -0.05) is 60.7 Å². The standard InChI is InChI=1S/C21H24N2O6/c1-2-27-18(23-21(26)28-14-16-11-7-4-8-12-16)20(25)29-19(24)17(22)13-15-9-5-3-6-10-15/h3-12,17-18H,2,13-14,22H2,1H3,(H,23,26)/t17-,18?/m0/s1. The van der Waals surface area contributed by atoms with E-state index in [0.717, 1.165) is 11.1 Å². The van der Waals surface area contributed by atoms with Gasteiger partial charge in [0, 0.05) is 6.61 Å². The fourth-order valence-corrected chi connectivity index (χ4v) is 2.39. The predicted octanol–water partition coefficient (Wildman–Crippen LogP) is 1.92. The highest BCUT2D eigenvalue weighted by atomic mass is 16.6. The quantitative estimate of drug-likeness (QED) is 0.375. The van der Waals surface area contributed by atoms with Crippen LogP contribution in [0.4, 0.5) is 4.79 Å². The summed E-state index contributed by atoms with van der Waals surface area (Å²) < 4.78 is 14.9. The molecular formula is C21H24N2O6. The third-order valence-electron chi connectivity index (χ3n) is 3.81. The zero-order valence-electron chi connectivity index (χ0n) is 16.1. The molecule has 0 aromatic heterocycles. The lowest BCUT2D eigenvalue weighted by Gasteiger charge is -2.18. The van der Waals surface area contributed by atoms with Crippen LogP contribution in [0, 0.1) is 0 Å². The molecule has 0 heterocycles. The van der Waals surface area contributed by atoms with Crippen molar-refractivity contribution in [2.75, 3.05) is 6.61 Å². The fourth-order valence-electron chi connectivity index (χ4n) is 2.39. The van der Waals surface area contributed by atoms with Crippen LogP contribution >= 0.6 is 0 Å². The molecule has 8 nitrogen and oxygen atoms in total. The molecule has 8 heteroatoms. The molecule has 0 aliphatic rings. The van der Waals surface area contributed by atoms with Gasteiger partial charge in [-0.2, -0.15) is 0 Å². The molecule has 0 bridgehead atoms. The predicted molar refractivity (Wildman–Crippen MR) is 104 cm³/mol. The monoisotopic (exact) mass is 400 g/mol. The number of nitrogens with one attached hydrogen (secondary N) is 1. The lowest BCUT2D eigenvalue weighted by atomic mass is 10.1. The van der Waals surface area contributed by atoms with Crippen LogP contribution in [0.15, 0.2) is 60.7 Å². The van der Waals surface area contributed by atoms with Crippen LogP contribution in [0.2, 0.25) is 0 Å². The number of alkyl carbamates (subject to hydrolysis) is 1. The van der Waals surface area contributed by atoms with Crippen molar-refractivity contribution < 1.29 is 28.6 Å². The Hall–Kier alpha value is -3.23. The van der Waals surface area contributed by atoms with Crippen molar-refractivity contribution in [2.45, 2.75) is 32.2 Å². The van der Waals surface area contributed by atoms with Gasteiger partial charge >= 0.3 is 18.0 Å². The Labute approximate surface area is 168 Å². The minimum absolute atomic E-state index is 0.0153. The van der Waals surface area contributed by atoms with Crippen molar-refractivity contribution in [3.63, 3.8) is 0 Å². The number of carbonyl (C=O) groups excluding carboxylic acids is 3. The Bertz CT molecular complexity index is 797. The Morgan fingerprint density at radius 1 is 0.931 bits per heavy atom. The highest BCUT2D eigenvalue weighted by molar-refractivity contribution is 5.91. The zero-order valence-corrected chi connectivity index (χ0v) is 16.1. The number of amides is 1. The van der Waals surface area contributed by atoms with Gasteiger partial charge in [0.15, 0.2) is 0 Å². The topological polar surface area (TPSA) is 117 Å². The van der Waals surface area contributed by atoms with E-state index in [2.05, 4.69) is 5.32 Å². The first-order valence-electron chi connectivity index (χ1n) is 9.13. The summed E-state index contributed by atoms with van der Waals surface area (Å²) in [5.41, 5.74) is 7.41. The summed E-state index contributed by atoms with van der Waals surface area (Å²) >= 11 is 0. The minimum atomic E-state index is -1.49. The van der Waals surface area contributed by atoms with Gasteiger partial charge < -0.3 is 19.9 Å². The molecule has 0 aliphatic carbocycles. The molecule has 0 saturated carbocycles. The van der Waals surface area contributed by atoms with Gasteiger partial charge in [0.05, 0.1) is 0 Å². The van der Waals surface area contributed by atoms with Gasteiger partial charge in [0.25, 0.3) is 0 Å². The maximum atomic E-state index is 12.2. The fraction of sp³-hybridized carbons (Fsp3) is 0.286. The summed E-state index contributed by atoms with van der Waals surface area (Å²) in [4.78, 5) is 36.2. The van der Waals surface area contributed by atoms with E-state index in [1.54, 1.807) is 31.2 Å². The molecule has 0 fully saturated rings. The summed E-state index contributed by atoms with van der Waals surface area (Å²) in [6, 6.07) is 17.1. The van der Waals surface area contributed by atoms with Gasteiger partial charge in [-0.25, -0.2) is 14.4 Å². The second-order valence-electron chi connectivity index (χ2n) is 6.08. The van der Waals surface area contributed by atoms with Gasteiger partial charge in [-0.15, -0.1) is 0 Å². The van der Waals surface area contributed by atoms with E-state index in [1.165, 1.54) is 0 Å². The normalized spacial score (nSPS) is 12.5. The molecular weight excluding hydrogens is 376 g/mol. The van der Waals surface area contributed by atoms with Crippen LogP contribution in [-0.2, 0) is 36.8 Å². The summed E-state index contributed by atoms with van der Waals surface area (Å²) in [7, 11) is 0. The number of benzene rings is 2. The second-order valence-corrected chi connectivity index (χ2v) is 6.08. The Morgan fingerprint density at radius 3 is 2.10 bits per heavy atom. The molecule has 154 valence electrons. The molecule has 29 heavy (non-hydrogen) atoms. The van der Waals surface area contributed by atoms with E-state index in [4.69, 9.17) is 19.9 Å². The van der Waals surface area contributed by atoms with Crippen molar-refractivity contribution in [1.82, 2.24) is 5.32 Å². The number of carbonyl (C=O) groups is 3. The Kier molecular flexibility index (Phi) is 8.81. The van der Waals surface area contributed by atoms with E-state index >= 15 is 0 Å². The summed E-state index contributed by atoms with van der Waals surface area (Å²) in [6.45, 7) is 1.74. The Balaban J connectivity index is 1.85. The lowest BCUT2D eigenvalue weighted by Crippen LogP contribution is -2.46. The molecule has 3 N–H and O–H groups in total. The molecule has 2 atom stereocenters. The van der Waals surface area contributed by atoms with E-state index in [-0.39, 0.29) is 19.6 Å². The first kappa shape index (κ1) is 22.1. The van der Waals surface area contributed by atoms with E-state index in [1.807, 2.05) is 36.4 Å². The summed E-state index contributed by atoms with van der Waals surface area (Å²) in [6.07, 6.45) is -2.17. The minimum Gasteiger partial charge on any atom is -0.445 e. The van der Waals surface area contributed by atoms with Crippen molar-refractivity contribution >= 4 is 18.0 Å². The van der Waals surface area contributed by atoms with Crippen molar-refractivity contribution in [3.8, 4) is 0 Å². The van der Waals surface area contributed by atoms with E-state index < -0.39 is 30.3 Å². The van der Waals surface area contributed by atoms with Crippen LogP contribution in [0.3, 0.4) is 0 Å². The third-order valence-corrected chi connectivity index (χ3v) is 3.81. The lowest BCUT2D eigenvalue weighted by molar-refractivity contribution is -0.170. The van der Waals surface area contributed by atoms with Crippen LogP contribution in [0.5, 0.6) is 0 Å². The molecule has 1 amide bonds. The maximum Gasteiger partial charge on any atom is 0.409 e. The van der Waals surface area contributed by atoms with Crippen LogP contribution < -0.4 is 11.1 Å². The van der Waals surface area contributed by atoms with Gasteiger partial charge in [0.2, 0.25) is 6.23 Å². The molecule has 0 spiro atoms.